The standard InChI is InChI=1S/C14H23N3O2/c1-17-8-6-14(11-15,7-9-17)16-13(18)5-4-12-3-2-10-19-12/h12H,2-10H2,1H3,(H,16,18). The number of piperidine rings is 1. The summed E-state index contributed by atoms with van der Waals surface area (Å²) in [6.45, 7) is 2.54. The molecule has 0 aliphatic carbocycles. The molecule has 2 fully saturated rings. The van der Waals surface area contributed by atoms with Gasteiger partial charge >= 0.3 is 0 Å². The largest absolute Gasteiger partial charge is 0.378 e. The van der Waals surface area contributed by atoms with Crippen molar-refractivity contribution < 1.29 is 9.53 Å². The van der Waals surface area contributed by atoms with Gasteiger partial charge in [0, 0.05) is 26.1 Å². The third-order valence-electron chi connectivity index (χ3n) is 4.15. The van der Waals surface area contributed by atoms with Crippen LogP contribution in [0.3, 0.4) is 0 Å². The zero-order valence-corrected chi connectivity index (χ0v) is 11.7. The predicted octanol–water partition coefficient (Wildman–Crippen LogP) is 1.05. The Balaban J connectivity index is 1.77. The van der Waals surface area contributed by atoms with Gasteiger partial charge in [0.25, 0.3) is 0 Å². The van der Waals surface area contributed by atoms with Crippen molar-refractivity contribution in [2.75, 3.05) is 26.7 Å². The minimum Gasteiger partial charge on any atom is -0.378 e. The molecular formula is C14H23N3O2. The van der Waals surface area contributed by atoms with Gasteiger partial charge in [0.15, 0.2) is 0 Å². The Bertz CT molecular complexity index is 350. The first-order valence-electron chi connectivity index (χ1n) is 7.16. The maximum atomic E-state index is 12.0. The summed E-state index contributed by atoms with van der Waals surface area (Å²) in [6.07, 6.45) is 5.05. The van der Waals surface area contributed by atoms with Gasteiger partial charge in [-0.05, 0) is 39.2 Å². The van der Waals surface area contributed by atoms with E-state index in [1.54, 1.807) is 0 Å². The van der Waals surface area contributed by atoms with Crippen LogP contribution in [0.5, 0.6) is 0 Å². The summed E-state index contributed by atoms with van der Waals surface area (Å²) in [5.74, 6) is -0.0124. The third-order valence-corrected chi connectivity index (χ3v) is 4.15. The van der Waals surface area contributed by atoms with Gasteiger partial charge in [-0.15, -0.1) is 0 Å². The number of carbonyl (C=O) groups excluding carboxylic acids is 1. The fourth-order valence-corrected chi connectivity index (χ4v) is 2.76. The molecule has 2 rings (SSSR count). The lowest BCUT2D eigenvalue weighted by molar-refractivity contribution is -0.123. The van der Waals surface area contributed by atoms with Crippen molar-refractivity contribution in [3.05, 3.63) is 0 Å². The first-order valence-corrected chi connectivity index (χ1v) is 7.16. The average molecular weight is 265 g/mol. The van der Waals surface area contributed by atoms with Crippen LogP contribution >= 0.6 is 0 Å². The van der Waals surface area contributed by atoms with Gasteiger partial charge in [0.05, 0.1) is 12.2 Å². The van der Waals surface area contributed by atoms with Crippen molar-refractivity contribution in [3.63, 3.8) is 0 Å². The molecule has 5 heteroatoms. The van der Waals surface area contributed by atoms with Crippen molar-refractivity contribution in [3.8, 4) is 6.07 Å². The number of nitrogens with one attached hydrogen (secondary N) is 1. The second kappa shape index (κ2) is 6.36. The summed E-state index contributed by atoms with van der Waals surface area (Å²) in [7, 11) is 2.04. The van der Waals surface area contributed by atoms with E-state index in [1.165, 1.54) is 0 Å². The molecule has 0 spiro atoms. The molecule has 1 unspecified atom stereocenters. The van der Waals surface area contributed by atoms with E-state index in [1.807, 2.05) is 7.05 Å². The molecule has 0 bridgehead atoms. The number of likely N-dealkylation sites (tertiary alicyclic amines) is 1. The van der Waals surface area contributed by atoms with Crippen LogP contribution in [0.1, 0.15) is 38.5 Å². The zero-order chi connectivity index (χ0) is 13.7. The molecule has 2 heterocycles. The van der Waals surface area contributed by atoms with Gasteiger partial charge in [-0.3, -0.25) is 4.79 Å². The number of ether oxygens (including phenoxy) is 1. The molecule has 1 N–H and O–H groups in total. The van der Waals surface area contributed by atoms with Crippen LogP contribution < -0.4 is 5.32 Å². The van der Waals surface area contributed by atoms with E-state index in [0.29, 0.717) is 19.3 Å². The quantitative estimate of drug-likeness (QED) is 0.825. The highest BCUT2D eigenvalue weighted by Gasteiger charge is 2.35. The van der Waals surface area contributed by atoms with E-state index in [-0.39, 0.29) is 12.0 Å². The molecule has 0 saturated carbocycles. The highest BCUT2D eigenvalue weighted by molar-refractivity contribution is 5.77. The molecule has 106 valence electrons. The predicted molar refractivity (Wildman–Crippen MR) is 71.4 cm³/mol. The molecule has 1 amide bonds. The Morgan fingerprint density at radius 3 is 2.84 bits per heavy atom. The molecule has 2 saturated heterocycles. The molecule has 1 atom stereocenters. The van der Waals surface area contributed by atoms with E-state index in [4.69, 9.17) is 4.74 Å². The maximum absolute atomic E-state index is 12.0. The van der Waals surface area contributed by atoms with Crippen molar-refractivity contribution in [2.24, 2.45) is 0 Å². The minimum absolute atomic E-state index is 0.0124. The topological polar surface area (TPSA) is 65.4 Å². The van der Waals surface area contributed by atoms with E-state index in [0.717, 1.165) is 39.0 Å². The Labute approximate surface area is 114 Å². The molecule has 5 nitrogen and oxygen atoms in total. The van der Waals surface area contributed by atoms with Crippen LogP contribution in [0.2, 0.25) is 0 Å². The Kier molecular flexibility index (Phi) is 4.78. The summed E-state index contributed by atoms with van der Waals surface area (Å²) in [5, 5.41) is 12.3. The van der Waals surface area contributed by atoms with E-state index in [2.05, 4.69) is 16.3 Å². The first kappa shape index (κ1) is 14.3. The average Bonchev–Trinajstić information content (AvgIpc) is 2.93. The highest BCUT2D eigenvalue weighted by atomic mass is 16.5. The van der Waals surface area contributed by atoms with Gasteiger partial charge in [-0.1, -0.05) is 0 Å². The van der Waals surface area contributed by atoms with E-state index in [9.17, 15) is 10.1 Å². The highest BCUT2D eigenvalue weighted by Crippen LogP contribution is 2.22. The van der Waals surface area contributed by atoms with Gasteiger partial charge in [-0.25, -0.2) is 0 Å². The second-order valence-electron chi connectivity index (χ2n) is 5.72. The molecule has 0 aromatic carbocycles. The summed E-state index contributed by atoms with van der Waals surface area (Å²) < 4.78 is 5.51. The lowest BCUT2D eigenvalue weighted by atomic mass is 9.89. The number of amides is 1. The fourth-order valence-electron chi connectivity index (χ4n) is 2.76. The molecule has 0 radical (unpaired) electrons. The minimum atomic E-state index is -0.653. The van der Waals surface area contributed by atoms with Crippen LogP contribution in [0.4, 0.5) is 0 Å². The Hall–Kier alpha value is -1.12. The number of carbonyl (C=O) groups is 1. The number of hydrogen-bond acceptors (Lipinski definition) is 4. The molecule has 19 heavy (non-hydrogen) atoms. The number of nitriles is 1. The van der Waals surface area contributed by atoms with Crippen LogP contribution in [0, 0.1) is 11.3 Å². The van der Waals surface area contributed by atoms with Gasteiger partial charge in [-0.2, -0.15) is 5.26 Å². The SMILES string of the molecule is CN1CCC(C#N)(NC(=O)CCC2CCCO2)CC1. The second-order valence-corrected chi connectivity index (χ2v) is 5.72. The summed E-state index contributed by atoms with van der Waals surface area (Å²) in [4.78, 5) is 14.2. The number of hydrogen-bond donors (Lipinski definition) is 1. The molecule has 0 aromatic heterocycles. The summed E-state index contributed by atoms with van der Waals surface area (Å²) >= 11 is 0. The van der Waals surface area contributed by atoms with E-state index < -0.39 is 5.54 Å². The van der Waals surface area contributed by atoms with Crippen LogP contribution in [0.25, 0.3) is 0 Å². The van der Waals surface area contributed by atoms with E-state index >= 15 is 0 Å². The molecule has 0 aromatic rings. The third kappa shape index (κ3) is 3.92. The first-order chi connectivity index (χ1) is 9.13. The van der Waals surface area contributed by atoms with Crippen LogP contribution in [-0.2, 0) is 9.53 Å². The summed E-state index contributed by atoms with van der Waals surface area (Å²) in [6, 6.07) is 2.31. The zero-order valence-electron chi connectivity index (χ0n) is 11.7. The van der Waals surface area contributed by atoms with Crippen molar-refractivity contribution >= 4 is 5.91 Å². The molecule has 2 aliphatic rings. The number of nitrogens with zero attached hydrogens (tertiary/aromatic N) is 2. The monoisotopic (exact) mass is 265 g/mol. The lowest BCUT2D eigenvalue weighted by Crippen LogP contribution is -2.53. The molecule has 2 aliphatic heterocycles. The number of rotatable bonds is 4. The van der Waals surface area contributed by atoms with Crippen LogP contribution in [0.15, 0.2) is 0 Å². The smallest absolute Gasteiger partial charge is 0.221 e. The van der Waals surface area contributed by atoms with Crippen molar-refractivity contribution in [1.82, 2.24) is 10.2 Å². The van der Waals surface area contributed by atoms with Gasteiger partial charge in [0.1, 0.15) is 5.54 Å². The fraction of sp³-hybridized carbons (Fsp3) is 0.857. The normalized spacial score (nSPS) is 26.8. The van der Waals surface area contributed by atoms with Crippen molar-refractivity contribution in [2.45, 2.75) is 50.2 Å². The molecular weight excluding hydrogens is 242 g/mol. The van der Waals surface area contributed by atoms with Gasteiger partial charge in [0.2, 0.25) is 5.91 Å². The van der Waals surface area contributed by atoms with Crippen molar-refractivity contribution in [1.29, 1.82) is 5.26 Å². The Morgan fingerprint density at radius 1 is 1.53 bits per heavy atom. The lowest BCUT2D eigenvalue weighted by Gasteiger charge is -2.36. The van der Waals surface area contributed by atoms with Crippen LogP contribution in [-0.4, -0.2) is 49.2 Å². The summed E-state index contributed by atoms with van der Waals surface area (Å²) in [5.41, 5.74) is -0.653. The van der Waals surface area contributed by atoms with Gasteiger partial charge < -0.3 is 15.0 Å². The maximum Gasteiger partial charge on any atom is 0.221 e. The Morgan fingerprint density at radius 2 is 2.26 bits per heavy atom.